The zero-order valence-electron chi connectivity index (χ0n) is 28.7. The molecule has 0 radical (unpaired) electrons. The molecule has 2 aromatic carbocycles. The van der Waals surface area contributed by atoms with Crippen LogP contribution in [0.15, 0.2) is 41.6 Å². The van der Waals surface area contributed by atoms with Gasteiger partial charge in [0.15, 0.2) is 5.75 Å². The van der Waals surface area contributed by atoms with Gasteiger partial charge in [-0.1, -0.05) is 45.9 Å². The number of aromatic hydroxyl groups is 2. The van der Waals surface area contributed by atoms with Crippen LogP contribution in [0, 0.1) is 30.6 Å². The van der Waals surface area contributed by atoms with E-state index >= 15 is 0 Å². The van der Waals surface area contributed by atoms with Crippen LogP contribution in [0.5, 0.6) is 17.2 Å². The number of allylic oxidation sites excluding steroid dienone is 2. The SMILES string of the molecule is CO[C@H]1/C=C/O[C@@]2(C)Oc3c(C)c(O)c4c(O)c(c5scnc5c4c3C2=O)NC(=O)/C(C)=C\C=C\[C@H](C)[C@H](O)[C@@H](C)[C@@H](O)[C@@H](C)[C@H](O)[C@@H]1C. The number of phenols is 2. The third kappa shape index (κ3) is 6.18. The Labute approximate surface area is 288 Å². The van der Waals surface area contributed by atoms with Crippen molar-refractivity contribution in [2.24, 2.45) is 23.7 Å². The number of nitrogens with one attached hydrogen (secondary N) is 1. The number of amides is 1. The van der Waals surface area contributed by atoms with Crippen LogP contribution in [-0.2, 0) is 14.3 Å². The number of thiazole rings is 1. The first kappa shape index (κ1) is 36.3. The minimum atomic E-state index is -1.88. The Morgan fingerprint density at radius 1 is 0.939 bits per heavy atom. The number of methoxy groups -OCH3 is 1. The van der Waals surface area contributed by atoms with E-state index in [9.17, 15) is 35.1 Å². The molecule has 0 unspecified atom stereocenters. The van der Waals surface area contributed by atoms with Crippen molar-refractivity contribution in [3.63, 3.8) is 0 Å². The number of Topliss-reactive ketones (excluding diaryl/α,β-unsaturated/α-hetero) is 1. The average molecular weight is 697 g/mol. The van der Waals surface area contributed by atoms with E-state index in [1.165, 1.54) is 38.8 Å². The van der Waals surface area contributed by atoms with Crippen molar-refractivity contribution in [2.75, 3.05) is 12.4 Å². The van der Waals surface area contributed by atoms with Gasteiger partial charge in [0.1, 0.15) is 17.2 Å². The standard InChI is InChI=1S/C36H44N2O10S/c1-15-10-9-11-16(2)35(45)38-26-31(43)23-22(25-33(26)49-14-37-25)24-32(20(6)30(23)42)48-36(7,34(24)44)47-13-12-21(46-8)17(3)28(40)19(5)29(41)18(4)27(15)39/h9-15,17-19,21,27-29,39-43H,1-8H3,(H,38,45)/b10-9+,13-12+,16-11-/t15-,17+,18+,19-,21-,27-,28+,29+,36-/m0/s1. The van der Waals surface area contributed by atoms with Crippen LogP contribution in [0.3, 0.4) is 0 Å². The Hall–Kier alpha value is -4.01. The number of phenolic OH excluding ortho intramolecular Hbond substituents is 2. The van der Waals surface area contributed by atoms with E-state index in [0.717, 1.165) is 11.3 Å². The lowest BCUT2D eigenvalue weighted by atomic mass is 9.78. The van der Waals surface area contributed by atoms with E-state index in [0.29, 0.717) is 4.70 Å². The molecule has 0 fully saturated rings. The molecule has 6 N–H and O–H groups in total. The van der Waals surface area contributed by atoms with Crippen molar-refractivity contribution in [1.82, 2.24) is 4.98 Å². The zero-order chi connectivity index (χ0) is 36.1. The molecule has 5 rings (SSSR count). The largest absolute Gasteiger partial charge is 0.507 e. The summed E-state index contributed by atoms with van der Waals surface area (Å²) in [6.45, 7) is 11.5. The van der Waals surface area contributed by atoms with Gasteiger partial charge in [0.2, 0.25) is 0 Å². The Kier molecular flexibility index (Phi) is 10.2. The third-order valence-electron chi connectivity index (χ3n) is 10.0. The molecule has 13 heteroatoms. The number of carbonyl (C=O) groups excluding carboxylic acids is 2. The molecule has 0 saturated carbocycles. The number of aromatic nitrogens is 1. The van der Waals surface area contributed by atoms with Gasteiger partial charge >= 0.3 is 5.79 Å². The molecule has 0 aliphatic carbocycles. The summed E-state index contributed by atoms with van der Waals surface area (Å²) >= 11 is 1.13. The lowest BCUT2D eigenvalue weighted by molar-refractivity contribution is -0.112. The number of aliphatic hydroxyl groups is 3. The molecule has 2 aliphatic heterocycles. The van der Waals surface area contributed by atoms with Crippen LogP contribution in [0.4, 0.5) is 5.69 Å². The Bertz CT molecular complexity index is 1880. The molecule has 3 aromatic rings. The molecule has 1 amide bonds. The van der Waals surface area contributed by atoms with E-state index in [4.69, 9.17) is 14.2 Å². The van der Waals surface area contributed by atoms with Crippen LogP contribution in [0.2, 0.25) is 0 Å². The Morgan fingerprint density at radius 2 is 1.59 bits per heavy atom. The van der Waals surface area contributed by atoms with Gasteiger partial charge in [-0.15, -0.1) is 11.3 Å². The zero-order valence-corrected chi connectivity index (χ0v) is 29.5. The minimum absolute atomic E-state index is 0.0202. The Morgan fingerprint density at radius 3 is 2.27 bits per heavy atom. The molecular weight excluding hydrogens is 652 g/mol. The van der Waals surface area contributed by atoms with E-state index in [-0.39, 0.29) is 50.2 Å². The second-order valence-electron chi connectivity index (χ2n) is 13.3. The molecule has 12 nitrogen and oxygen atoms in total. The molecule has 264 valence electrons. The minimum Gasteiger partial charge on any atom is -0.507 e. The lowest BCUT2D eigenvalue weighted by Crippen LogP contribution is -2.44. The van der Waals surface area contributed by atoms with Gasteiger partial charge in [-0.25, -0.2) is 4.98 Å². The molecule has 0 saturated heterocycles. The highest BCUT2D eigenvalue weighted by Crippen LogP contribution is 2.54. The number of ketones is 1. The Balaban J connectivity index is 1.67. The summed E-state index contributed by atoms with van der Waals surface area (Å²) in [7, 11) is 1.46. The number of nitrogens with zero attached hydrogens (tertiary/aromatic N) is 1. The summed E-state index contributed by atoms with van der Waals surface area (Å²) in [5, 5.41) is 59.3. The number of fused-ring (bicyclic) bond motifs is 1. The number of rotatable bonds is 1. The molecule has 4 bridgehead atoms. The predicted octanol–water partition coefficient (Wildman–Crippen LogP) is 5.09. The van der Waals surface area contributed by atoms with Crippen LogP contribution < -0.4 is 10.1 Å². The summed E-state index contributed by atoms with van der Waals surface area (Å²) in [6.07, 6.45) is 3.85. The highest BCUT2D eigenvalue weighted by Gasteiger charge is 2.49. The van der Waals surface area contributed by atoms with E-state index in [2.05, 4.69) is 10.3 Å². The first-order valence-electron chi connectivity index (χ1n) is 16.1. The highest BCUT2D eigenvalue weighted by atomic mass is 32.1. The summed E-state index contributed by atoms with van der Waals surface area (Å²) in [5.41, 5.74) is 2.29. The molecular formula is C36H44N2O10S. The number of aliphatic hydroxyl groups excluding tert-OH is 3. The van der Waals surface area contributed by atoms with Gasteiger partial charge < -0.3 is 45.1 Å². The average Bonchev–Trinajstić information content (AvgIpc) is 3.67. The second kappa shape index (κ2) is 13.7. The monoisotopic (exact) mass is 696 g/mol. The maximum Gasteiger partial charge on any atom is 0.312 e. The summed E-state index contributed by atoms with van der Waals surface area (Å²) in [4.78, 5) is 31.9. The maximum atomic E-state index is 14.1. The third-order valence-corrected chi connectivity index (χ3v) is 10.9. The summed E-state index contributed by atoms with van der Waals surface area (Å²) in [5.74, 6) is -6.01. The van der Waals surface area contributed by atoms with Gasteiger partial charge in [-0.2, -0.15) is 0 Å². The van der Waals surface area contributed by atoms with Crippen LogP contribution in [-0.4, -0.2) is 79.5 Å². The number of hydrogen-bond donors (Lipinski definition) is 6. The number of ether oxygens (including phenoxy) is 3. The lowest BCUT2D eigenvalue weighted by Gasteiger charge is -2.36. The summed E-state index contributed by atoms with van der Waals surface area (Å²) < 4.78 is 18.0. The highest BCUT2D eigenvalue weighted by molar-refractivity contribution is 7.17. The van der Waals surface area contributed by atoms with Gasteiger partial charge in [-0.3, -0.25) is 9.59 Å². The van der Waals surface area contributed by atoms with E-state index < -0.39 is 71.3 Å². The number of anilines is 1. The fraction of sp³-hybridized carbons (Fsp3) is 0.472. The van der Waals surface area contributed by atoms with E-state index in [1.807, 2.05) is 0 Å². The van der Waals surface area contributed by atoms with E-state index in [1.54, 1.807) is 52.8 Å². The number of carbonyl (C=O) groups is 2. The van der Waals surface area contributed by atoms with Crippen molar-refractivity contribution in [3.05, 3.63) is 52.8 Å². The summed E-state index contributed by atoms with van der Waals surface area (Å²) in [6, 6.07) is 0. The maximum absolute atomic E-state index is 14.1. The molecule has 9 atom stereocenters. The molecule has 1 aromatic heterocycles. The molecule has 3 heterocycles. The fourth-order valence-electron chi connectivity index (χ4n) is 6.67. The van der Waals surface area contributed by atoms with Gasteiger partial charge in [0, 0.05) is 54.2 Å². The smallest absolute Gasteiger partial charge is 0.312 e. The van der Waals surface area contributed by atoms with Crippen molar-refractivity contribution in [1.29, 1.82) is 0 Å². The van der Waals surface area contributed by atoms with Crippen LogP contribution in [0.1, 0.15) is 57.5 Å². The predicted molar refractivity (Wildman–Crippen MR) is 186 cm³/mol. The van der Waals surface area contributed by atoms with Gasteiger partial charge in [0.05, 0.1) is 57.4 Å². The van der Waals surface area contributed by atoms with Crippen molar-refractivity contribution in [2.45, 2.75) is 78.7 Å². The number of hydrogen-bond acceptors (Lipinski definition) is 12. The van der Waals surface area contributed by atoms with Crippen LogP contribution in [0.25, 0.3) is 21.0 Å². The topological polar surface area (TPSA) is 188 Å². The van der Waals surface area contributed by atoms with Crippen molar-refractivity contribution < 1.29 is 49.3 Å². The molecule has 2 aliphatic rings. The van der Waals surface area contributed by atoms with Crippen molar-refractivity contribution >= 4 is 49.7 Å². The fourth-order valence-corrected chi connectivity index (χ4v) is 7.47. The van der Waals surface area contributed by atoms with Crippen molar-refractivity contribution in [3.8, 4) is 17.2 Å². The molecule has 0 spiro atoms. The first-order valence-corrected chi connectivity index (χ1v) is 17.0. The van der Waals surface area contributed by atoms with Gasteiger partial charge in [0.25, 0.3) is 11.7 Å². The quantitative estimate of drug-likeness (QED) is 0.186. The van der Waals surface area contributed by atoms with Gasteiger partial charge in [-0.05, 0) is 19.9 Å². The molecule has 49 heavy (non-hydrogen) atoms. The second-order valence-corrected chi connectivity index (χ2v) is 14.2. The first-order chi connectivity index (χ1) is 23.0. The normalized spacial score (nSPS) is 34.0. The number of benzene rings is 2. The van der Waals surface area contributed by atoms with Crippen LogP contribution >= 0.6 is 11.3 Å².